The molecule has 3 N–H and O–H groups in total. The lowest BCUT2D eigenvalue weighted by molar-refractivity contribution is 0.236. The molecule has 0 saturated heterocycles. The van der Waals surface area contributed by atoms with Gasteiger partial charge in [0.15, 0.2) is 5.76 Å². The Morgan fingerprint density at radius 2 is 1.94 bits per heavy atom. The van der Waals surface area contributed by atoms with E-state index in [2.05, 4.69) is 5.32 Å². The first-order valence-electron chi connectivity index (χ1n) is 5.45. The van der Waals surface area contributed by atoms with E-state index in [9.17, 15) is 9.90 Å². The highest BCUT2D eigenvalue weighted by molar-refractivity contribution is 5.43. The molecule has 5 nitrogen and oxygen atoms in total. The van der Waals surface area contributed by atoms with Crippen molar-refractivity contribution in [2.45, 2.75) is 13.2 Å². The molecule has 2 rings (SSSR count). The van der Waals surface area contributed by atoms with Crippen LogP contribution in [-0.4, -0.2) is 10.2 Å². The van der Waals surface area contributed by atoms with Crippen LogP contribution in [0.15, 0.2) is 45.6 Å². The van der Waals surface area contributed by atoms with Crippen molar-refractivity contribution in [2.75, 3.05) is 5.32 Å². The zero-order valence-corrected chi connectivity index (χ0v) is 9.59. The van der Waals surface area contributed by atoms with Crippen LogP contribution in [0.4, 0.5) is 5.69 Å². The van der Waals surface area contributed by atoms with Crippen molar-refractivity contribution in [2.24, 2.45) is 0 Å². The average molecular weight is 247 g/mol. The largest absolute Gasteiger partial charge is 0.502 e. The molecule has 0 spiro atoms. The van der Waals surface area contributed by atoms with Crippen LogP contribution >= 0.6 is 0 Å². The molecule has 0 amide bonds. The minimum absolute atomic E-state index is 0.107. The molecule has 1 aromatic heterocycles. The van der Waals surface area contributed by atoms with E-state index >= 15 is 0 Å². The van der Waals surface area contributed by atoms with Gasteiger partial charge in [0.1, 0.15) is 12.4 Å². The predicted octanol–water partition coefficient (Wildman–Crippen LogP) is 1.45. The smallest absolute Gasteiger partial charge is 0.227 e. The van der Waals surface area contributed by atoms with Gasteiger partial charge in [-0.1, -0.05) is 18.2 Å². The Labute approximate surface area is 103 Å². The highest BCUT2D eigenvalue weighted by atomic mass is 16.4. The van der Waals surface area contributed by atoms with Crippen molar-refractivity contribution in [3.05, 3.63) is 58.1 Å². The summed E-state index contributed by atoms with van der Waals surface area (Å²) in [4.78, 5) is 11.4. The number of nitrogens with one attached hydrogen (secondary N) is 1. The van der Waals surface area contributed by atoms with E-state index in [-0.39, 0.29) is 24.7 Å². The summed E-state index contributed by atoms with van der Waals surface area (Å²) in [5.74, 6) is -0.200. The van der Waals surface area contributed by atoms with Crippen LogP contribution in [0.25, 0.3) is 0 Å². The van der Waals surface area contributed by atoms with E-state index in [1.807, 2.05) is 30.3 Å². The van der Waals surface area contributed by atoms with Gasteiger partial charge in [-0.2, -0.15) is 0 Å². The molecule has 18 heavy (non-hydrogen) atoms. The predicted molar refractivity (Wildman–Crippen MR) is 66.3 cm³/mol. The molecular weight excluding hydrogens is 234 g/mol. The molecule has 0 unspecified atom stereocenters. The summed E-state index contributed by atoms with van der Waals surface area (Å²) in [5, 5.41) is 21.5. The maximum atomic E-state index is 11.4. The molecule has 5 heteroatoms. The lowest BCUT2D eigenvalue weighted by atomic mass is 10.3. The van der Waals surface area contributed by atoms with Crippen molar-refractivity contribution in [1.29, 1.82) is 0 Å². The molecule has 94 valence electrons. The summed E-state index contributed by atoms with van der Waals surface area (Å²) in [5.41, 5.74) is 0.282. The highest BCUT2D eigenvalue weighted by Crippen LogP contribution is 2.16. The number of benzene rings is 1. The normalized spacial score (nSPS) is 10.3. The van der Waals surface area contributed by atoms with Crippen LogP contribution in [0.3, 0.4) is 0 Å². The van der Waals surface area contributed by atoms with Gasteiger partial charge < -0.3 is 19.9 Å². The first-order chi connectivity index (χ1) is 8.70. The highest BCUT2D eigenvalue weighted by Gasteiger charge is 2.10. The summed E-state index contributed by atoms with van der Waals surface area (Å²) in [6.45, 7) is -0.215. The van der Waals surface area contributed by atoms with Gasteiger partial charge in [0.25, 0.3) is 0 Å². The Bertz CT molecular complexity index is 577. The molecule has 0 aliphatic heterocycles. The van der Waals surface area contributed by atoms with Gasteiger partial charge in [0.2, 0.25) is 11.2 Å². The van der Waals surface area contributed by atoms with Crippen LogP contribution in [0, 0.1) is 0 Å². The second-order valence-electron chi connectivity index (χ2n) is 3.73. The van der Waals surface area contributed by atoms with Crippen LogP contribution in [0.2, 0.25) is 0 Å². The molecule has 1 heterocycles. The van der Waals surface area contributed by atoms with Gasteiger partial charge in [-0.05, 0) is 12.1 Å². The second kappa shape index (κ2) is 5.37. The third-order valence-corrected chi connectivity index (χ3v) is 2.43. The number of para-hydroxylation sites is 1. The summed E-state index contributed by atoms with van der Waals surface area (Å²) in [6, 6.07) is 10.4. The zero-order chi connectivity index (χ0) is 13.0. The molecule has 0 bridgehead atoms. The van der Waals surface area contributed by atoms with Crippen molar-refractivity contribution in [3.63, 3.8) is 0 Å². The Kier molecular flexibility index (Phi) is 3.64. The molecule has 1 aromatic carbocycles. The van der Waals surface area contributed by atoms with Crippen LogP contribution in [-0.2, 0) is 13.2 Å². The molecule has 0 radical (unpaired) electrons. The molecule has 0 fully saturated rings. The number of aromatic hydroxyl groups is 1. The van der Waals surface area contributed by atoms with Gasteiger partial charge in [-0.3, -0.25) is 4.79 Å². The maximum absolute atomic E-state index is 11.4. The monoisotopic (exact) mass is 247 g/mol. The van der Waals surface area contributed by atoms with E-state index in [1.54, 1.807) is 0 Å². The Hall–Kier alpha value is -2.27. The first kappa shape index (κ1) is 12.2. The fourth-order valence-corrected chi connectivity index (χ4v) is 1.52. The SMILES string of the molecule is O=c1cc(CO)oc(CNc2ccccc2)c1O. The number of anilines is 1. The summed E-state index contributed by atoms with van der Waals surface area (Å²) < 4.78 is 5.20. The van der Waals surface area contributed by atoms with E-state index in [0.29, 0.717) is 0 Å². The van der Waals surface area contributed by atoms with Crippen molar-refractivity contribution in [3.8, 4) is 5.75 Å². The maximum Gasteiger partial charge on any atom is 0.227 e. The topological polar surface area (TPSA) is 82.7 Å². The minimum atomic E-state index is -0.560. The van der Waals surface area contributed by atoms with E-state index in [0.717, 1.165) is 11.8 Å². The fourth-order valence-electron chi connectivity index (χ4n) is 1.52. The van der Waals surface area contributed by atoms with E-state index < -0.39 is 11.2 Å². The van der Waals surface area contributed by atoms with Crippen LogP contribution in [0.5, 0.6) is 5.75 Å². The van der Waals surface area contributed by atoms with Gasteiger partial charge in [-0.25, -0.2) is 0 Å². The van der Waals surface area contributed by atoms with Gasteiger partial charge in [0, 0.05) is 11.8 Å². The fraction of sp³-hybridized carbons (Fsp3) is 0.154. The van der Waals surface area contributed by atoms with E-state index in [1.165, 1.54) is 0 Å². The second-order valence-corrected chi connectivity index (χ2v) is 3.73. The number of aliphatic hydroxyl groups is 1. The summed E-state index contributed by atoms with van der Waals surface area (Å²) >= 11 is 0. The zero-order valence-electron chi connectivity index (χ0n) is 9.59. The number of aliphatic hydroxyl groups excluding tert-OH is 1. The van der Waals surface area contributed by atoms with Crippen LogP contribution in [0.1, 0.15) is 11.5 Å². The van der Waals surface area contributed by atoms with Crippen molar-refractivity contribution >= 4 is 5.69 Å². The molecule has 0 atom stereocenters. The third-order valence-electron chi connectivity index (χ3n) is 2.43. The number of rotatable bonds is 4. The Balaban J connectivity index is 2.19. The lowest BCUT2D eigenvalue weighted by Gasteiger charge is -2.07. The first-order valence-corrected chi connectivity index (χ1v) is 5.45. The number of hydrogen-bond donors (Lipinski definition) is 3. The summed E-state index contributed by atoms with van der Waals surface area (Å²) in [6.07, 6.45) is 0. The van der Waals surface area contributed by atoms with Gasteiger partial charge >= 0.3 is 0 Å². The number of hydrogen-bond acceptors (Lipinski definition) is 5. The minimum Gasteiger partial charge on any atom is -0.502 e. The van der Waals surface area contributed by atoms with E-state index in [4.69, 9.17) is 9.52 Å². The average Bonchev–Trinajstić information content (AvgIpc) is 2.41. The Morgan fingerprint density at radius 1 is 1.22 bits per heavy atom. The Morgan fingerprint density at radius 3 is 2.61 bits per heavy atom. The molecule has 0 aliphatic carbocycles. The molecule has 0 saturated carbocycles. The molecule has 2 aromatic rings. The molecular formula is C13H13NO4. The molecule has 0 aliphatic rings. The summed E-state index contributed by atoms with van der Waals surface area (Å²) in [7, 11) is 0. The van der Waals surface area contributed by atoms with Crippen LogP contribution < -0.4 is 10.7 Å². The van der Waals surface area contributed by atoms with Crippen molar-refractivity contribution < 1.29 is 14.6 Å². The standard InChI is InChI=1S/C13H13NO4/c15-8-10-6-11(16)13(17)12(18-10)7-14-9-4-2-1-3-5-9/h1-6,14-15,17H,7-8H2. The third kappa shape index (κ3) is 2.70. The van der Waals surface area contributed by atoms with Gasteiger partial charge in [0.05, 0.1) is 6.54 Å². The van der Waals surface area contributed by atoms with Crippen molar-refractivity contribution in [1.82, 2.24) is 0 Å². The lowest BCUT2D eigenvalue weighted by Crippen LogP contribution is -2.08. The van der Waals surface area contributed by atoms with Gasteiger partial charge in [-0.15, -0.1) is 0 Å². The quantitative estimate of drug-likeness (QED) is 0.761.